The Morgan fingerprint density at radius 2 is 1.52 bits per heavy atom. The van der Waals surface area contributed by atoms with Crippen LogP contribution in [0.5, 0.6) is 5.75 Å². The van der Waals surface area contributed by atoms with Crippen molar-refractivity contribution in [2.24, 2.45) is 5.92 Å². The monoisotopic (exact) mass is 598 g/mol. The Morgan fingerprint density at radius 1 is 0.881 bits per heavy atom. The Morgan fingerprint density at radius 3 is 2.17 bits per heavy atom. The van der Waals surface area contributed by atoms with Gasteiger partial charge in [-0.3, -0.25) is 4.31 Å². The largest absolute Gasteiger partial charge is 0.507 e. The topological polar surface area (TPSA) is 132 Å². The van der Waals surface area contributed by atoms with E-state index < -0.39 is 21.7 Å². The van der Waals surface area contributed by atoms with Gasteiger partial charge in [0, 0.05) is 30.8 Å². The zero-order chi connectivity index (χ0) is 30.3. The fraction of sp³-hybridized carbons (Fsp3) is 0.469. The number of para-hydroxylation sites is 1. The van der Waals surface area contributed by atoms with Gasteiger partial charge in [0.2, 0.25) is 0 Å². The SMILES string of the molecule is CC(C)CC(c1c(O)c2c(oc1=O)CCCCCC2)N(c1ccccc1)S(=O)(=O)c1cccc(N(CCO)CCO)c1. The van der Waals surface area contributed by atoms with E-state index >= 15 is 0 Å². The Kier molecular flexibility index (Phi) is 10.7. The number of sulfonamides is 1. The molecule has 3 aromatic rings. The molecule has 4 rings (SSSR count). The van der Waals surface area contributed by atoms with E-state index in [0.29, 0.717) is 35.5 Å². The number of hydrogen-bond donors (Lipinski definition) is 3. The van der Waals surface area contributed by atoms with Gasteiger partial charge in [-0.25, -0.2) is 13.2 Å². The minimum Gasteiger partial charge on any atom is -0.507 e. The highest BCUT2D eigenvalue weighted by Gasteiger charge is 2.38. The second kappa shape index (κ2) is 14.2. The van der Waals surface area contributed by atoms with Gasteiger partial charge < -0.3 is 24.6 Å². The maximum atomic E-state index is 14.6. The second-order valence-corrected chi connectivity index (χ2v) is 13.0. The Bertz CT molecular complexity index is 1480. The van der Waals surface area contributed by atoms with Gasteiger partial charge in [-0.15, -0.1) is 0 Å². The molecular formula is C32H42N2O7S. The van der Waals surface area contributed by atoms with Crippen molar-refractivity contribution < 1.29 is 28.2 Å². The molecule has 3 N–H and O–H groups in total. The molecule has 228 valence electrons. The van der Waals surface area contributed by atoms with Crippen LogP contribution in [0.15, 0.2) is 68.7 Å². The van der Waals surface area contributed by atoms with Crippen LogP contribution in [-0.2, 0) is 22.9 Å². The van der Waals surface area contributed by atoms with Crippen LogP contribution in [0.4, 0.5) is 11.4 Å². The van der Waals surface area contributed by atoms with Gasteiger partial charge in [0.25, 0.3) is 10.0 Å². The van der Waals surface area contributed by atoms with Crippen LogP contribution in [-0.4, -0.2) is 50.0 Å². The zero-order valence-electron chi connectivity index (χ0n) is 24.4. The first kappa shape index (κ1) is 31.6. The van der Waals surface area contributed by atoms with E-state index in [0.717, 1.165) is 25.7 Å². The van der Waals surface area contributed by atoms with Crippen molar-refractivity contribution >= 4 is 21.4 Å². The third kappa shape index (κ3) is 6.99. The third-order valence-electron chi connectivity index (χ3n) is 7.70. The van der Waals surface area contributed by atoms with Gasteiger partial charge >= 0.3 is 5.63 Å². The van der Waals surface area contributed by atoms with Gasteiger partial charge in [0.1, 0.15) is 17.1 Å². The molecule has 0 amide bonds. The molecule has 0 bridgehead atoms. The summed E-state index contributed by atoms with van der Waals surface area (Å²) >= 11 is 0. The number of hydrogen-bond acceptors (Lipinski definition) is 8. The van der Waals surface area contributed by atoms with Gasteiger partial charge in [0.15, 0.2) is 0 Å². The lowest BCUT2D eigenvalue weighted by Crippen LogP contribution is -2.38. The lowest BCUT2D eigenvalue weighted by Gasteiger charge is -2.34. The standard InChI is InChI=1S/C32H42N2O7S/c1-23(2)21-28(30-31(37)27-15-8-3-4-9-16-29(27)41-32(30)38)34(24-11-6-5-7-12-24)42(39,40)26-14-10-13-25(22-26)33(17-19-35)18-20-36/h5-7,10-14,22-23,28,35-37H,3-4,8-9,15-21H2,1-2H3. The summed E-state index contributed by atoms with van der Waals surface area (Å²) in [4.78, 5) is 15.3. The van der Waals surface area contributed by atoms with Crippen LogP contribution < -0.4 is 14.8 Å². The van der Waals surface area contributed by atoms with E-state index in [-0.39, 0.29) is 54.9 Å². The van der Waals surface area contributed by atoms with Crippen molar-refractivity contribution in [2.75, 3.05) is 35.5 Å². The first-order valence-corrected chi connectivity index (χ1v) is 16.2. The fourth-order valence-electron chi connectivity index (χ4n) is 5.72. The maximum Gasteiger partial charge on any atom is 0.345 e. The molecule has 1 atom stereocenters. The first-order chi connectivity index (χ1) is 20.2. The normalized spacial score (nSPS) is 14.6. The van der Waals surface area contributed by atoms with Gasteiger partial charge in [-0.2, -0.15) is 0 Å². The van der Waals surface area contributed by atoms with E-state index in [4.69, 9.17) is 4.42 Å². The van der Waals surface area contributed by atoms with E-state index in [1.165, 1.54) is 16.4 Å². The van der Waals surface area contributed by atoms with Crippen molar-refractivity contribution in [1.29, 1.82) is 0 Å². The van der Waals surface area contributed by atoms with E-state index in [2.05, 4.69) is 0 Å². The molecule has 9 nitrogen and oxygen atoms in total. The summed E-state index contributed by atoms with van der Waals surface area (Å²) in [5.74, 6) is 0.280. The van der Waals surface area contributed by atoms with Crippen LogP contribution >= 0.6 is 0 Å². The molecule has 1 aromatic heterocycles. The molecule has 0 spiro atoms. The van der Waals surface area contributed by atoms with Crippen LogP contribution in [0.2, 0.25) is 0 Å². The van der Waals surface area contributed by atoms with Crippen LogP contribution in [0.25, 0.3) is 0 Å². The minimum atomic E-state index is -4.31. The lowest BCUT2D eigenvalue weighted by atomic mass is 9.92. The van der Waals surface area contributed by atoms with Gasteiger partial charge in [0.05, 0.1) is 29.8 Å². The molecule has 1 aliphatic rings. The summed E-state index contributed by atoms with van der Waals surface area (Å²) in [5, 5.41) is 30.7. The molecule has 0 saturated carbocycles. The van der Waals surface area contributed by atoms with Crippen molar-refractivity contribution in [2.45, 2.75) is 69.7 Å². The number of aryl methyl sites for hydroxylation is 1. The van der Waals surface area contributed by atoms with E-state index in [9.17, 15) is 28.5 Å². The molecule has 10 heteroatoms. The number of rotatable bonds is 12. The highest BCUT2D eigenvalue weighted by molar-refractivity contribution is 7.92. The molecule has 0 aliphatic heterocycles. The van der Waals surface area contributed by atoms with E-state index in [1.807, 2.05) is 13.8 Å². The highest BCUT2D eigenvalue weighted by atomic mass is 32.2. The minimum absolute atomic E-state index is 0.0198. The van der Waals surface area contributed by atoms with Crippen LogP contribution in [0.1, 0.15) is 68.9 Å². The lowest BCUT2D eigenvalue weighted by molar-refractivity contribution is 0.281. The Labute approximate surface area is 248 Å². The number of aromatic hydroxyl groups is 1. The van der Waals surface area contributed by atoms with Crippen LogP contribution in [0, 0.1) is 5.92 Å². The number of anilines is 2. The Hall–Kier alpha value is -3.34. The average molecular weight is 599 g/mol. The van der Waals surface area contributed by atoms with Crippen molar-refractivity contribution in [1.82, 2.24) is 0 Å². The predicted molar refractivity (Wildman–Crippen MR) is 164 cm³/mol. The fourth-order valence-corrected chi connectivity index (χ4v) is 7.39. The summed E-state index contributed by atoms with van der Waals surface area (Å²) in [7, 11) is -4.31. The number of benzene rings is 2. The summed E-state index contributed by atoms with van der Waals surface area (Å²) < 4.78 is 36.3. The van der Waals surface area contributed by atoms with Crippen LogP contribution in [0.3, 0.4) is 0 Å². The van der Waals surface area contributed by atoms with Gasteiger partial charge in [-0.1, -0.05) is 51.0 Å². The molecule has 2 aromatic carbocycles. The molecule has 1 aliphatic carbocycles. The van der Waals surface area contributed by atoms with Crippen molar-refractivity contribution in [3.8, 4) is 5.75 Å². The average Bonchev–Trinajstić information content (AvgIpc) is 2.94. The maximum absolute atomic E-state index is 14.6. The van der Waals surface area contributed by atoms with E-state index in [1.54, 1.807) is 47.4 Å². The Balaban J connectivity index is 1.93. The van der Waals surface area contributed by atoms with Crippen molar-refractivity contribution in [3.63, 3.8) is 0 Å². The quantitative estimate of drug-likeness (QED) is 0.272. The molecule has 0 radical (unpaired) electrons. The number of nitrogens with zero attached hydrogens (tertiary/aromatic N) is 2. The number of fused-ring (bicyclic) bond motifs is 1. The highest BCUT2D eigenvalue weighted by Crippen LogP contribution is 2.41. The zero-order valence-corrected chi connectivity index (χ0v) is 25.2. The molecule has 0 fully saturated rings. The molecule has 42 heavy (non-hydrogen) atoms. The third-order valence-corrected chi connectivity index (χ3v) is 9.53. The van der Waals surface area contributed by atoms with Gasteiger partial charge in [-0.05, 0) is 61.9 Å². The summed E-state index contributed by atoms with van der Waals surface area (Å²) in [6.45, 7) is 3.97. The van der Waals surface area contributed by atoms with Crippen molar-refractivity contribution in [3.05, 3.63) is 81.9 Å². The molecule has 0 saturated heterocycles. The second-order valence-electron chi connectivity index (χ2n) is 11.2. The smallest absolute Gasteiger partial charge is 0.345 e. The number of aliphatic hydroxyl groups is 2. The molecule has 1 unspecified atom stereocenters. The summed E-state index contributed by atoms with van der Waals surface area (Å²) in [6, 6.07) is 13.9. The predicted octanol–water partition coefficient (Wildman–Crippen LogP) is 4.78. The summed E-state index contributed by atoms with van der Waals surface area (Å²) in [6.07, 6.45) is 5.09. The number of aliphatic hydroxyl groups excluding tert-OH is 2. The summed E-state index contributed by atoms with van der Waals surface area (Å²) in [5.41, 5.74) is 0.694. The first-order valence-electron chi connectivity index (χ1n) is 14.7. The molecular weight excluding hydrogens is 556 g/mol. The molecule has 1 heterocycles.